The SMILES string of the molecule is CC1CCC(C(C)C2(C)CCC3C2=CCC2C3CC=C3CC(O)CCC32C)NC1. The molecule has 0 bridgehead atoms. The van der Waals surface area contributed by atoms with E-state index >= 15 is 0 Å². The maximum Gasteiger partial charge on any atom is 0.0577 e. The number of hydrogen-bond acceptors (Lipinski definition) is 2. The summed E-state index contributed by atoms with van der Waals surface area (Å²) in [5.74, 6) is 4.03. The molecule has 1 saturated heterocycles. The quantitative estimate of drug-likeness (QED) is 0.571. The van der Waals surface area contributed by atoms with Crippen LogP contribution in [0.3, 0.4) is 0 Å². The molecular weight excluding hydrogens is 354 g/mol. The fourth-order valence-electron chi connectivity index (χ4n) is 8.39. The van der Waals surface area contributed by atoms with Crippen molar-refractivity contribution in [1.29, 1.82) is 0 Å². The number of allylic oxidation sites excluding steroid dienone is 3. The molecule has 2 heteroatoms. The van der Waals surface area contributed by atoms with Crippen molar-refractivity contribution in [2.24, 2.45) is 40.4 Å². The zero-order chi connectivity index (χ0) is 20.4. The Hall–Kier alpha value is -0.600. The summed E-state index contributed by atoms with van der Waals surface area (Å²) in [6.07, 6.45) is 16.4. The Balaban J connectivity index is 1.39. The molecule has 5 aliphatic rings. The highest BCUT2D eigenvalue weighted by atomic mass is 16.3. The second kappa shape index (κ2) is 7.23. The number of hydrogen-bond donors (Lipinski definition) is 2. The van der Waals surface area contributed by atoms with Gasteiger partial charge in [-0.2, -0.15) is 0 Å². The zero-order valence-corrected chi connectivity index (χ0v) is 19.2. The van der Waals surface area contributed by atoms with Crippen molar-refractivity contribution in [3.8, 4) is 0 Å². The summed E-state index contributed by atoms with van der Waals surface area (Å²) in [6.45, 7) is 11.3. The molecule has 5 rings (SSSR count). The van der Waals surface area contributed by atoms with E-state index in [-0.39, 0.29) is 6.10 Å². The maximum atomic E-state index is 10.2. The lowest BCUT2D eigenvalue weighted by Gasteiger charge is -2.54. The topological polar surface area (TPSA) is 32.3 Å². The van der Waals surface area contributed by atoms with Gasteiger partial charge < -0.3 is 10.4 Å². The van der Waals surface area contributed by atoms with Crippen LogP contribution in [0.25, 0.3) is 0 Å². The Morgan fingerprint density at radius 2 is 1.90 bits per heavy atom. The van der Waals surface area contributed by atoms with Crippen LogP contribution in [0.5, 0.6) is 0 Å². The van der Waals surface area contributed by atoms with Crippen molar-refractivity contribution in [3.05, 3.63) is 23.3 Å². The molecule has 0 radical (unpaired) electrons. The van der Waals surface area contributed by atoms with Crippen LogP contribution in [0, 0.1) is 40.4 Å². The minimum absolute atomic E-state index is 0.0955. The van der Waals surface area contributed by atoms with Gasteiger partial charge in [0.2, 0.25) is 0 Å². The van der Waals surface area contributed by atoms with Crippen molar-refractivity contribution in [2.45, 2.75) is 97.6 Å². The number of piperidine rings is 1. The lowest BCUT2D eigenvalue weighted by Crippen LogP contribution is -2.48. The highest BCUT2D eigenvalue weighted by Crippen LogP contribution is 2.64. The van der Waals surface area contributed by atoms with Crippen LogP contribution < -0.4 is 5.32 Å². The monoisotopic (exact) mass is 397 g/mol. The van der Waals surface area contributed by atoms with Gasteiger partial charge in [-0.05, 0) is 105 Å². The second-order valence-corrected chi connectivity index (χ2v) is 12.0. The van der Waals surface area contributed by atoms with Gasteiger partial charge in [-0.25, -0.2) is 0 Å². The first-order chi connectivity index (χ1) is 13.8. The van der Waals surface area contributed by atoms with Crippen molar-refractivity contribution in [1.82, 2.24) is 5.32 Å². The van der Waals surface area contributed by atoms with E-state index in [0.717, 1.165) is 42.4 Å². The van der Waals surface area contributed by atoms with Crippen molar-refractivity contribution >= 4 is 0 Å². The van der Waals surface area contributed by atoms with Gasteiger partial charge in [-0.1, -0.05) is 51.0 Å². The van der Waals surface area contributed by atoms with Gasteiger partial charge in [0.1, 0.15) is 0 Å². The van der Waals surface area contributed by atoms with Crippen LogP contribution in [0.2, 0.25) is 0 Å². The zero-order valence-electron chi connectivity index (χ0n) is 19.2. The van der Waals surface area contributed by atoms with Crippen LogP contribution in [0.4, 0.5) is 0 Å². The molecule has 9 atom stereocenters. The number of nitrogens with one attached hydrogen (secondary N) is 1. The molecule has 162 valence electrons. The third kappa shape index (κ3) is 3.11. The first-order valence-corrected chi connectivity index (χ1v) is 12.6. The highest BCUT2D eigenvalue weighted by molar-refractivity contribution is 5.33. The van der Waals surface area contributed by atoms with E-state index in [1.54, 1.807) is 5.57 Å². The van der Waals surface area contributed by atoms with E-state index in [9.17, 15) is 5.11 Å². The number of aliphatic hydroxyl groups is 1. The van der Waals surface area contributed by atoms with Gasteiger partial charge in [0.15, 0.2) is 0 Å². The Kier molecular flexibility index (Phi) is 5.06. The van der Waals surface area contributed by atoms with Crippen molar-refractivity contribution < 1.29 is 5.11 Å². The van der Waals surface area contributed by atoms with Gasteiger partial charge in [-0.3, -0.25) is 0 Å². The largest absolute Gasteiger partial charge is 0.393 e. The van der Waals surface area contributed by atoms with E-state index in [4.69, 9.17) is 0 Å². The molecule has 2 nitrogen and oxygen atoms in total. The van der Waals surface area contributed by atoms with Gasteiger partial charge in [-0.15, -0.1) is 0 Å². The number of fused-ring (bicyclic) bond motifs is 5. The highest BCUT2D eigenvalue weighted by Gasteiger charge is 2.55. The molecule has 4 aliphatic carbocycles. The van der Waals surface area contributed by atoms with Gasteiger partial charge in [0, 0.05) is 6.04 Å². The minimum Gasteiger partial charge on any atom is -0.393 e. The summed E-state index contributed by atoms with van der Waals surface area (Å²) >= 11 is 0. The summed E-state index contributed by atoms with van der Waals surface area (Å²) in [5.41, 5.74) is 4.16. The smallest absolute Gasteiger partial charge is 0.0577 e. The van der Waals surface area contributed by atoms with E-state index in [0.29, 0.717) is 16.9 Å². The Morgan fingerprint density at radius 1 is 1.07 bits per heavy atom. The first kappa shape index (κ1) is 20.3. The average molecular weight is 398 g/mol. The van der Waals surface area contributed by atoms with Crippen LogP contribution >= 0.6 is 0 Å². The van der Waals surface area contributed by atoms with E-state index in [2.05, 4.69) is 45.2 Å². The number of aliphatic hydroxyl groups excluding tert-OH is 1. The maximum absolute atomic E-state index is 10.2. The predicted octanol–water partition coefficient (Wildman–Crippen LogP) is 5.87. The fraction of sp³-hybridized carbons (Fsp3) is 0.852. The third-order valence-corrected chi connectivity index (χ3v) is 10.6. The summed E-state index contributed by atoms with van der Waals surface area (Å²) in [4.78, 5) is 0. The van der Waals surface area contributed by atoms with E-state index in [1.165, 1.54) is 51.5 Å². The van der Waals surface area contributed by atoms with Gasteiger partial charge in [0.05, 0.1) is 6.10 Å². The van der Waals surface area contributed by atoms with Crippen molar-refractivity contribution in [3.63, 3.8) is 0 Å². The predicted molar refractivity (Wildman–Crippen MR) is 121 cm³/mol. The molecule has 0 aromatic heterocycles. The third-order valence-electron chi connectivity index (χ3n) is 10.6. The summed E-state index contributed by atoms with van der Waals surface area (Å²) in [6, 6.07) is 0.698. The molecule has 0 amide bonds. The normalized spacial score (nSPS) is 50.7. The molecule has 0 aromatic rings. The van der Waals surface area contributed by atoms with Crippen LogP contribution in [-0.4, -0.2) is 23.8 Å². The summed E-state index contributed by atoms with van der Waals surface area (Å²) < 4.78 is 0. The second-order valence-electron chi connectivity index (χ2n) is 12.0. The standard InChI is InChI=1S/C27H43NO/c1-17-5-10-25(28-16-17)18(2)26(3)14-12-22-21-7-6-19-15-20(29)11-13-27(19,4)24(21)9-8-23(22)26/h6,8,17-18,20-22,24-25,28-29H,5,7,9-16H2,1-4H3. The molecule has 0 spiro atoms. The Morgan fingerprint density at radius 3 is 2.66 bits per heavy atom. The van der Waals surface area contributed by atoms with E-state index < -0.39 is 0 Å². The average Bonchev–Trinajstić information content (AvgIpc) is 3.07. The summed E-state index contributed by atoms with van der Waals surface area (Å²) in [5, 5.41) is 14.1. The van der Waals surface area contributed by atoms with E-state index in [1.807, 2.05) is 5.57 Å². The Labute approximate surface area is 178 Å². The van der Waals surface area contributed by atoms with Crippen LogP contribution in [0.1, 0.15) is 85.5 Å². The summed E-state index contributed by atoms with van der Waals surface area (Å²) in [7, 11) is 0. The lowest BCUT2D eigenvalue weighted by atomic mass is 9.51. The molecule has 2 saturated carbocycles. The molecule has 1 aliphatic heterocycles. The fourth-order valence-corrected chi connectivity index (χ4v) is 8.39. The molecule has 2 N–H and O–H groups in total. The molecule has 9 unspecified atom stereocenters. The molecule has 0 aromatic carbocycles. The molecular formula is C27H43NO. The molecule has 1 heterocycles. The minimum atomic E-state index is -0.0955. The van der Waals surface area contributed by atoms with Gasteiger partial charge in [0.25, 0.3) is 0 Å². The number of rotatable bonds is 2. The van der Waals surface area contributed by atoms with Crippen LogP contribution in [-0.2, 0) is 0 Å². The van der Waals surface area contributed by atoms with Crippen molar-refractivity contribution in [2.75, 3.05) is 6.54 Å². The molecule has 29 heavy (non-hydrogen) atoms. The van der Waals surface area contributed by atoms with Gasteiger partial charge >= 0.3 is 0 Å². The first-order valence-electron chi connectivity index (χ1n) is 12.6. The Bertz CT molecular complexity index is 701. The molecule has 3 fully saturated rings. The lowest BCUT2D eigenvalue weighted by molar-refractivity contribution is 0.0347. The van der Waals surface area contributed by atoms with Crippen LogP contribution in [0.15, 0.2) is 23.3 Å².